The van der Waals surface area contributed by atoms with E-state index in [4.69, 9.17) is 16.3 Å². The molecule has 1 amide bonds. The molecule has 0 atom stereocenters. The van der Waals surface area contributed by atoms with Crippen molar-refractivity contribution in [2.45, 2.75) is 6.92 Å². The van der Waals surface area contributed by atoms with Crippen LogP contribution in [0, 0.1) is 6.92 Å². The summed E-state index contributed by atoms with van der Waals surface area (Å²) in [5.74, 6) is 0.475. The summed E-state index contributed by atoms with van der Waals surface area (Å²) in [4.78, 5) is 20.1. The minimum atomic E-state index is -0.394. The first-order chi connectivity index (χ1) is 9.66. The number of cyclic esters (lactones) is 1. The van der Waals surface area contributed by atoms with Crippen molar-refractivity contribution in [3.8, 4) is 0 Å². The van der Waals surface area contributed by atoms with Gasteiger partial charge in [-0.15, -0.1) is 0 Å². The van der Waals surface area contributed by atoms with Crippen LogP contribution in [0.1, 0.15) is 5.56 Å². The Morgan fingerprint density at radius 1 is 1.25 bits per heavy atom. The number of nitrogens with zero attached hydrogens (tertiary/aromatic N) is 3. The van der Waals surface area contributed by atoms with Gasteiger partial charge in [0.25, 0.3) is 0 Å². The number of carbonyl (C=O) groups excluding carboxylic acids is 1. The van der Waals surface area contributed by atoms with Crippen LogP contribution in [0.2, 0.25) is 5.28 Å². The van der Waals surface area contributed by atoms with Gasteiger partial charge in [0.2, 0.25) is 5.28 Å². The molecule has 104 valence electrons. The number of amides is 1. The first kappa shape index (κ1) is 14.3. The smallest absolute Gasteiger partial charge is 0.415 e. The Morgan fingerprint density at radius 3 is 2.50 bits per heavy atom. The van der Waals surface area contributed by atoms with E-state index in [0.29, 0.717) is 19.0 Å². The average Bonchev–Trinajstić information content (AvgIpc) is 2.87. The molecule has 1 aliphatic heterocycles. The Kier molecular flexibility index (Phi) is 4.90. The molecule has 5 nitrogen and oxygen atoms in total. The van der Waals surface area contributed by atoms with Crippen LogP contribution in [0.5, 0.6) is 0 Å². The Labute approximate surface area is 122 Å². The van der Waals surface area contributed by atoms with Gasteiger partial charge in [-0.3, -0.25) is 4.90 Å². The second kappa shape index (κ2) is 6.86. The number of halogens is 1. The maximum atomic E-state index is 11.1. The number of carbonyl (C=O) groups is 1. The monoisotopic (exact) mass is 291 g/mol. The maximum absolute atomic E-state index is 11.1. The molecule has 0 aliphatic carbocycles. The van der Waals surface area contributed by atoms with E-state index in [1.807, 2.05) is 18.2 Å². The first-order valence-electron chi connectivity index (χ1n) is 6.11. The molecular weight excluding hydrogens is 278 g/mol. The van der Waals surface area contributed by atoms with E-state index in [0.717, 1.165) is 0 Å². The highest BCUT2D eigenvalue weighted by Crippen LogP contribution is 2.16. The van der Waals surface area contributed by atoms with Gasteiger partial charge < -0.3 is 4.74 Å². The minimum absolute atomic E-state index is 0.122. The minimum Gasteiger partial charge on any atom is -0.447 e. The fourth-order valence-corrected chi connectivity index (χ4v) is 1.76. The molecule has 1 saturated heterocycles. The number of anilines is 1. The Bertz CT molecular complexity index is 578. The Balaban J connectivity index is 0.000000178. The molecule has 1 aromatic carbocycles. The molecule has 20 heavy (non-hydrogen) atoms. The molecule has 0 bridgehead atoms. The lowest BCUT2D eigenvalue weighted by Gasteiger charge is -2.10. The topological polar surface area (TPSA) is 55.3 Å². The first-order valence-corrected chi connectivity index (χ1v) is 6.49. The number of aromatic nitrogens is 2. The van der Waals surface area contributed by atoms with Crippen LogP contribution >= 0.6 is 11.6 Å². The largest absolute Gasteiger partial charge is 0.447 e. The molecule has 6 heteroatoms. The molecule has 3 rings (SSSR count). The van der Waals surface area contributed by atoms with Gasteiger partial charge in [-0.25, -0.2) is 14.8 Å². The second-order valence-corrected chi connectivity index (χ2v) is 4.44. The van der Waals surface area contributed by atoms with Crippen LogP contribution in [0.25, 0.3) is 0 Å². The number of rotatable bonds is 1. The van der Waals surface area contributed by atoms with E-state index in [-0.39, 0.29) is 5.28 Å². The Morgan fingerprint density at radius 2 is 2.00 bits per heavy atom. The molecule has 1 aromatic heterocycles. The highest BCUT2D eigenvalue weighted by atomic mass is 35.5. The SMILES string of the molecule is Cc1ccccc1.O=C1OCCN1c1ccnc(Cl)n1. The van der Waals surface area contributed by atoms with Gasteiger partial charge in [0.05, 0.1) is 6.54 Å². The van der Waals surface area contributed by atoms with Gasteiger partial charge in [-0.1, -0.05) is 35.9 Å². The van der Waals surface area contributed by atoms with E-state index in [2.05, 4.69) is 29.0 Å². The lowest BCUT2D eigenvalue weighted by atomic mass is 10.2. The van der Waals surface area contributed by atoms with E-state index < -0.39 is 6.09 Å². The van der Waals surface area contributed by atoms with Crippen LogP contribution in [0.15, 0.2) is 42.6 Å². The standard InChI is InChI=1S/C7H6ClN3O2.C7H8/c8-6-9-2-1-5(10-6)11-3-4-13-7(11)12;1-7-5-3-2-4-6-7/h1-2H,3-4H2;2-6H,1H3. The number of hydrogen-bond acceptors (Lipinski definition) is 4. The second-order valence-electron chi connectivity index (χ2n) is 4.10. The lowest BCUT2D eigenvalue weighted by molar-refractivity contribution is 0.181. The predicted octanol–water partition coefficient (Wildman–Crippen LogP) is 3.08. The molecular formula is C14H14ClN3O2. The molecule has 2 heterocycles. The van der Waals surface area contributed by atoms with Crippen LogP contribution in [-0.4, -0.2) is 29.2 Å². The molecule has 0 unspecified atom stereocenters. The fraction of sp³-hybridized carbons (Fsp3) is 0.214. The van der Waals surface area contributed by atoms with Crippen molar-refractivity contribution in [1.29, 1.82) is 0 Å². The molecule has 0 N–H and O–H groups in total. The number of hydrogen-bond donors (Lipinski definition) is 0. The van der Waals surface area contributed by atoms with Crippen molar-refractivity contribution in [2.75, 3.05) is 18.1 Å². The molecule has 2 aromatic rings. The summed E-state index contributed by atoms with van der Waals surface area (Å²) < 4.78 is 4.74. The van der Waals surface area contributed by atoms with Gasteiger partial charge >= 0.3 is 6.09 Å². The van der Waals surface area contributed by atoms with E-state index in [9.17, 15) is 4.79 Å². The van der Waals surface area contributed by atoms with E-state index in [1.165, 1.54) is 16.7 Å². The molecule has 0 spiro atoms. The molecule has 0 radical (unpaired) electrons. The van der Waals surface area contributed by atoms with Crippen molar-refractivity contribution in [3.63, 3.8) is 0 Å². The van der Waals surface area contributed by atoms with E-state index in [1.54, 1.807) is 6.07 Å². The highest BCUT2D eigenvalue weighted by molar-refractivity contribution is 6.28. The zero-order valence-electron chi connectivity index (χ0n) is 11.0. The third kappa shape index (κ3) is 3.93. The normalized spacial score (nSPS) is 13.5. The summed E-state index contributed by atoms with van der Waals surface area (Å²) in [6.07, 6.45) is 1.10. The van der Waals surface area contributed by atoms with Gasteiger partial charge in [0.1, 0.15) is 12.4 Å². The number of benzene rings is 1. The van der Waals surface area contributed by atoms with Crippen molar-refractivity contribution in [2.24, 2.45) is 0 Å². The summed E-state index contributed by atoms with van der Waals surface area (Å²) in [7, 11) is 0. The van der Waals surface area contributed by atoms with Gasteiger partial charge in [-0.05, 0) is 24.6 Å². The number of aryl methyl sites for hydroxylation is 1. The summed E-state index contributed by atoms with van der Waals surface area (Å²) in [5, 5.41) is 0.122. The quantitative estimate of drug-likeness (QED) is 0.758. The summed E-state index contributed by atoms with van der Waals surface area (Å²) in [6, 6.07) is 11.9. The third-order valence-corrected chi connectivity index (χ3v) is 2.77. The van der Waals surface area contributed by atoms with Crippen molar-refractivity contribution >= 4 is 23.5 Å². The average molecular weight is 292 g/mol. The van der Waals surface area contributed by atoms with Crippen LogP contribution < -0.4 is 4.90 Å². The third-order valence-electron chi connectivity index (χ3n) is 2.59. The van der Waals surface area contributed by atoms with Crippen molar-refractivity contribution < 1.29 is 9.53 Å². The maximum Gasteiger partial charge on any atom is 0.415 e. The van der Waals surface area contributed by atoms with Crippen LogP contribution in [0.3, 0.4) is 0 Å². The zero-order chi connectivity index (χ0) is 14.4. The summed E-state index contributed by atoms with van der Waals surface area (Å²) >= 11 is 5.57. The van der Waals surface area contributed by atoms with Gasteiger partial charge in [0.15, 0.2) is 0 Å². The summed E-state index contributed by atoms with van der Waals surface area (Å²) in [6.45, 7) is 2.98. The molecule has 0 saturated carbocycles. The predicted molar refractivity (Wildman–Crippen MR) is 76.9 cm³/mol. The molecule has 1 fully saturated rings. The molecule has 1 aliphatic rings. The Hall–Kier alpha value is -2.14. The fourth-order valence-electron chi connectivity index (χ4n) is 1.61. The van der Waals surface area contributed by atoms with E-state index >= 15 is 0 Å². The lowest BCUT2D eigenvalue weighted by Crippen LogP contribution is -2.24. The van der Waals surface area contributed by atoms with Crippen LogP contribution in [-0.2, 0) is 4.74 Å². The van der Waals surface area contributed by atoms with Crippen molar-refractivity contribution in [1.82, 2.24) is 9.97 Å². The van der Waals surface area contributed by atoms with Gasteiger partial charge in [0, 0.05) is 6.20 Å². The van der Waals surface area contributed by atoms with Crippen molar-refractivity contribution in [3.05, 3.63) is 53.4 Å². The highest BCUT2D eigenvalue weighted by Gasteiger charge is 2.24. The summed E-state index contributed by atoms with van der Waals surface area (Å²) in [5.41, 5.74) is 1.32. The number of ether oxygens (including phenoxy) is 1. The van der Waals surface area contributed by atoms with Crippen LogP contribution in [0.4, 0.5) is 10.6 Å². The van der Waals surface area contributed by atoms with Gasteiger partial charge in [-0.2, -0.15) is 0 Å². The zero-order valence-corrected chi connectivity index (χ0v) is 11.7.